The predicted molar refractivity (Wildman–Crippen MR) is 90.8 cm³/mol. The Morgan fingerprint density at radius 2 is 2.00 bits per heavy atom. The molecule has 2 aromatic rings. The zero-order chi connectivity index (χ0) is 16.7. The standard InChI is InChI=1S/C17H20N2O3S/c1-3-22-16(21)14-11-23-17(18-14)19-15(20)6-4-5-13-9-7-12(2)8-10-13/h7-11H,3-6H2,1-2H3,(H,18,19,20). The maximum absolute atomic E-state index is 11.9. The van der Waals surface area contributed by atoms with Crippen molar-refractivity contribution in [3.63, 3.8) is 0 Å². The van der Waals surface area contributed by atoms with Crippen LogP contribution in [0.1, 0.15) is 41.4 Å². The van der Waals surface area contributed by atoms with E-state index in [2.05, 4.69) is 41.5 Å². The Balaban J connectivity index is 1.76. The molecule has 122 valence electrons. The van der Waals surface area contributed by atoms with Gasteiger partial charge in [-0.1, -0.05) is 29.8 Å². The van der Waals surface area contributed by atoms with Gasteiger partial charge in [-0.25, -0.2) is 9.78 Å². The highest BCUT2D eigenvalue weighted by atomic mass is 32.1. The molecule has 0 radical (unpaired) electrons. The van der Waals surface area contributed by atoms with E-state index in [9.17, 15) is 9.59 Å². The monoisotopic (exact) mass is 332 g/mol. The number of carbonyl (C=O) groups excluding carboxylic acids is 2. The van der Waals surface area contributed by atoms with Gasteiger partial charge in [-0.15, -0.1) is 11.3 Å². The normalized spacial score (nSPS) is 10.3. The highest BCUT2D eigenvalue weighted by Gasteiger charge is 2.13. The Labute approximate surface area is 139 Å². The molecule has 5 nitrogen and oxygen atoms in total. The van der Waals surface area contributed by atoms with E-state index in [0.717, 1.165) is 12.8 Å². The molecule has 0 saturated carbocycles. The molecule has 0 aliphatic carbocycles. The fourth-order valence-electron chi connectivity index (χ4n) is 2.02. The molecule has 0 unspecified atom stereocenters. The number of hydrogen-bond acceptors (Lipinski definition) is 5. The zero-order valence-corrected chi connectivity index (χ0v) is 14.1. The zero-order valence-electron chi connectivity index (χ0n) is 13.3. The van der Waals surface area contributed by atoms with E-state index in [0.29, 0.717) is 18.2 Å². The summed E-state index contributed by atoms with van der Waals surface area (Å²) in [4.78, 5) is 27.5. The van der Waals surface area contributed by atoms with Crippen molar-refractivity contribution in [1.29, 1.82) is 0 Å². The van der Waals surface area contributed by atoms with Gasteiger partial charge in [0.2, 0.25) is 5.91 Å². The van der Waals surface area contributed by atoms with Crippen LogP contribution in [-0.4, -0.2) is 23.5 Å². The first-order valence-corrected chi connectivity index (χ1v) is 8.44. The number of nitrogens with one attached hydrogen (secondary N) is 1. The summed E-state index contributed by atoms with van der Waals surface area (Å²) in [6.45, 7) is 4.09. The number of benzene rings is 1. The Morgan fingerprint density at radius 1 is 1.26 bits per heavy atom. The quantitative estimate of drug-likeness (QED) is 0.787. The molecule has 0 spiro atoms. The van der Waals surface area contributed by atoms with Crippen molar-refractivity contribution in [3.8, 4) is 0 Å². The lowest BCUT2D eigenvalue weighted by Gasteiger charge is -2.03. The number of anilines is 1. The van der Waals surface area contributed by atoms with Crippen LogP contribution in [0.4, 0.5) is 5.13 Å². The van der Waals surface area contributed by atoms with Crippen molar-refractivity contribution in [3.05, 3.63) is 46.5 Å². The third kappa shape index (κ3) is 5.49. The molecule has 6 heteroatoms. The first kappa shape index (κ1) is 17.1. The average Bonchev–Trinajstić information content (AvgIpc) is 2.98. The van der Waals surface area contributed by atoms with E-state index in [4.69, 9.17) is 4.74 Å². The van der Waals surface area contributed by atoms with Crippen molar-refractivity contribution < 1.29 is 14.3 Å². The van der Waals surface area contributed by atoms with Crippen molar-refractivity contribution in [2.45, 2.75) is 33.1 Å². The van der Waals surface area contributed by atoms with Crippen molar-refractivity contribution in [2.24, 2.45) is 0 Å². The number of hydrogen-bond donors (Lipinski definition) is 1. The number of esters is 1. The Morgan fingerprint density at radius 3 is 2.70 bits per heavy atom. The number of rotatable bonds is 7. The minimum Gasteiger partial charge on any atom is -0.461 e. The van der Waals surface area contributed by atoms with Crippen LogP contribution < -0.4 is 5.32 Å². The molecule has 1 heterocycles. The number of aromatic nitrogens is 1. The molecule has 0 aliphatic heterocycles. The summed E-state index contributed by atoms with van der Waals surface area (Å²) >= 11 is 1.22. The fourth-order valence-corrected chi connectivity index (χ4v) is 2.72. The number of carbonyl (C=O) groups is 2. The summed E-state index contributed by atoms with van der Waals surface area (Å²) in [6.07, 6.45) is 2.05. The number of aryl methyl sites for hydroxylation is 2. The molecule has 1 amide bonds. The van der Waals surface area contributed by atoms with Crippen LogP contribution in [0.3, 0.4) is 0 Å². The smallest absolute Gasteiger partial charge is 0.357 e. The molecule has 23 heavy (non-hydrogen) atoms. The first-order valence-electron chi connectivity index (χ1n) is 7.56. The first-order chi connectivity index (χ1) is 11.1. The topological polar surface area (TPSA) is 68.3 Å². The minimum absolute atomic E-state index is 0.0955. The van der Waals surface area contributed by atoms with E-state index in [-0.39, 0.29) is 11.6 Å². The van der Waals surface area contributed by atoms with Crippen LogP contribution >= 0.6 is 11.3 Å². The van der Waals surface area contributed by atoms with Gasteiger partial charge in [0.1, 0.15) is 0 Å². The highest BCUT2D eigenvalue weighted by Crippen LogP contribution is 2.17. The third-order valence-corrected chi connectivity index (χ3v) is 3.98. The summed E-state index contributed by atoms with van der Waals surface area (Å²) in [5.74, 6) is -0.564. The molecular weight excluding hydrogens is 312 g/mol. The third-order valence-electron chi connectivity index (χ3n) is 3.22. The minimum atomic E-state index is -0.469. The maximum Gasteiger partial charge on any atom is 0.357 e. The molecule has 1 aromatic carbocycles. The molecule has 1 aromatic heterocycles. The summed E-state index contributed by atoms with van der Waals surface area (Å²) in [6, 6.07) is 8.31. The second-order valence-electron chi connectivity index (χ2n) is 5.15. The highest BCUT2D eigenvalue weighted by molar-refractivity contribution is 7.14. The lowest BCUT2D eigenvalue weighted by Crippen LogP contribution is -2.12. The van der Waals surface area contributed by atoms with E-state index in [1.54, 1.807) is 12.3 Å². The molecule has 0 bridgehead atoms. The van der Waals surface area contributed by atoms with E-state index in [1.165, 1.54) is 22.5 Å². The van der Waals surface area contributed by atoms with Crippen LogP contribution in [0.15, 0.2) is 29.6 Å². The van der Waals surface area contributed by atoms with E-state index < -0.39 is 5.97 Å². The Bertz CT molecular complexity index is 665. The molecule has 0 aliphatic rings. The average molecular weight is 332 g/mol. The SMILES string of the molecule is CCOC(=O)c1csc(NC(=O)CCCc2ccc(C)cc2)n1. The molecule has 2 rings (SSSR count). The van der Waals surface area contributed by atoms with Gasteiger partial charge in [-0.3, -0.25) is 4.79 Å². The van der Waals surface area contributed by atoms with Crippen LogP contribution in [0.2, 0.25) is 0 Å². The van der Waals surface area contributed by atoms with Crippen LogP contribution in [-0.2, 0) is 16.0 Å². The van der Waals surface area contributed by atoms with Crippen molar-refractivity contribution in [1.82, 2.24) is 4.98 Å². The van der Waals surface area contributed by atoms with Crippen LogP contribution in [0.5, 0.6) is 0 Å². The largest absolute Gasteiger partial charge is 0.461 e. The van der Waals surface area contributed by atoms with Gasteiger partial charge in [-0.2, -0.15) is 0 Å². The van der Waals surface area contributed by atoms with Gasteiger partial charge in [0.05, 0.1) is 6.61 Å². The summed E-state index contributed by atoms with van der Waals surface area (Å²) in [5, 5.41) is 4.72. The summed E-state index contributed by atoms with van der Waals surface area (Å²) in [7, 11) is 0. The van der Waals surface area contributed by atoms with Gasteiger partial charge in [0.15, 0.2) is 10.8 Å². The van der Waals surface area contributed by atoms with Crippen molar-refractivity contribution >= 4 is 28.3 Å². The van der Waals surface area contributed by atoms with Crippen LogP contribution in [0, 0.1) is 6.92 Å². The molecule has 0 atom stereocenters. The van der Waals surface area contributed by atoms with Gasteiger partial charge >= 0.3 is 5.97 Å². The molecule has 0 saturated heterocycles. The summed E-state index contributed by atoms with van der Waals surface area (Å²) in [5.41, 5.74) is 2.68. The fraction of sp³-hybridized carbons (Fsp3) is 0.353. The number of thiazole rings is 1. The second kappa shape index (κ2) is 8.43. The lowest BCUT2D eigenvalue weighted by molar-refractivity contribution is -0.116. The molecule has 1 N–H and O–H groups in total. The van der Waals surface area contributed by atoms with Crippen molar-refractivity contribution in [2.75, 3.05) is 11.9 Å². The van der Waals surface area contributed by atoms with Crippen LogP contribution in [0.25, 0.3) is 0 Å². The van der Waals surface area contributed by atoms with Gasteiger partial charge in [-0.05, 0) is 32.3 Å². The number of amides is 1. The molecule has 0 fully saturated rings. The van der Waals surface area contributed by atoms with E-state index >= 15 is 0 Å². The second-order valence-corrected chi connectivity index (χ2v) is 6.00. The Kier molecular flexibility index (Phi) is 6.29. The van der Waals surface area contributed by atoms with Gasteiger partial charge in [0, 0.05) is 11.8 Å². The van der Waals surface area contributed by atoms with E-state index in [1.807, 2.05) is 0 Å². The molecular formula is C17H20N2O3S. The number of ether oxygens (including phenoxy) is 1. The van der Waals surface area contributed by atoms with Gasteiger partial charge in [0.25, 0.3) is 0 Å². The number of nitrogens with zero attached hydrogens (tertiary/aromatic N) is 1. The maximum atomic E-state index is 11.9. The lowest BCUT2D eigenvalue weighted by atomic mass is 10.1. The summed E-state index contributed by atoms with van der Waals surface area (Å²) < 4.78 is 4.86. The van der Waals surface area contributed by atoms with Gasteiger partial charge < -0.3 is 10.1 Å². The Hall–Kier alpha value is -2.21. The predicted octanol–water partition coefficient (Wildman–Crippen LogP) is 3.59.